The van der Waals surface area contributed by atoms with E-state index in [9.17, 15) is 9.90 Å². The van der Waals surface area contributed by atoms with Crippen LogP contribution < -0.4 is 4.84 Å². The van der Waals surface area contributed by atoms with Gasteiger partial charge in [-0.15, -0.1) is 5.06 Å². The molecule has 0 amide bonds. The molecule has 0 bridgehead atoms. The highest BCUT2D eigenvalue weighted by molar-refractivity contribution is 5.73. The van der Waals surface area contributed by atoms with Crippen LogP contribution in [0.1, 0.15) is 36.8 Å². The molecule has 0 spiro atoms. The number of benzene rings is 2. The highest BCUT2D eigenvalue weighted by atomic mass is 16.7. The first-order valence-corrected chi connectivity index (χ1v) is 10.5. The van der Waals surface area contributed by atoms with Gasteiger partial charge < -0.3 is 9.94 Å². The Labute approximate surface area is 172 Å². The summed E-state index contributed by atoms with van der Waals surface area (Å²) in [5.74, 6) is 0.553. The molecule has 1 atom stereocenters. The normalized spacial score (nSPS) is 27.0. The zero-order valence-electron chi connectivity index (χ0n) is 17.3. The van der Waals surface area contributed by atoms with E-state index in [0.717, 1.165) is 31.4 Å². The van der Waals surface area contributed by atoms with Crippen LogP contribution in [0.2, 0.25) is 0 Å². The lowest BCUT2D eigenvalue weighted by Gasteiger charge is -2.53. The summed E-state index contributed by atoms with van der Waals surface area (Å²) in [6, 6.07) is 18.4. The number of carbonyl (C=O) groups is 1. The van der Waals surface area contributed by atoms with E-state index < -0.39 is 12.0 Å². The number of carboxylic acids is 1. The van der Waals surface area contributed by atoms with Crippen molar-refractivity contribution in [2.24, 2.45) is 5.92 Å². The van der Waals surface area contributed by atoms with Gasteiger partial charge in [-0.2, -0.15) is 0 Å². The van der Waals surface area contributed by atoms with E-state index in [1.54, 1.807) is 5.06 Å². The van der Waals surface area contributed by atoms with Gasteiger partial charge in [0.2, 0.25) is 0 Å². The van der Waals surface area contributed by atoms with Gasteiger partial charge in [0.05, 0.1) is 0 Å². The molecule has 2 aromatic rings. The van der Waals surface area contributed by atoms with E-state index in [-0.39, 0.29) is 5.54 Å². The summed E-state index contributed by atoms with van der Waals surface area (Å²) in [6.45, 7) is 0.659. The molecule has 1 unspecified atom stereocenters. The molecule has 1 aliphatic heterocycles. The summed E-state index contributed by atoms with van der Waals surface area (Å²) < 4.78 is 0. The number of hydrogen-bond acceptors (Lipinski definition) is 4. The predicted molar refractivity (Wildman–Crippen MR) is 113 cm³/mol. The topological polar surface area (TPSA) is 53.0 Å². The molecule has 2 fully saturated rings. The molecule has 0 radical (unpaired) electrons. The van der Waals surface area contributed by atoms with Crippen LogP contribution in [0.3, 0.4) is 0 Å². The first-order valence-electron chi connectivity index (χ1n) is 10.5. The van der Waals surface area contributed by atoms with Crippen LogP contribution in [-0.4, -0.2) is 47.7 Å². The second-order valence-corrected chi connectivity index (χ2v) is 8.65. The van der Waals surface area contributed by atoms with Crippen molar-refractivity contribution in [1.29, 1.82) is 0 Å². The second kappa shape index (κ2) is 8.17. The van der Waals surface area contributed by atoms with Gasteiger partial charge in [0, 0.05) is 12.1 Å². The van der Waals surface area contributed by atoms with E-state index in [1.807, 2.05) is 12.1 Å². The minimum atomic E-state index is -0.811. The first kappa shape index (κ1) is 19.9. The minimum Gasteiger partial charge on any atom is -0.480 e. The van der Waals surface area contributed by atoms with Crippen molar-refractivity contribution in [2.75, 3.05) is 20.6 Å². The van der Waals surface area contributed by atoms with Crippen molar-refractivity contribution >= 4 is 5.97 Å². The van der Waals surface area contributed by atoms with Crippen molar-refractivity contribution in [2.45, 2.75) is 43.7 Å². The first-order chi connectivity index (χ1) is 14.0. The molecule has 29 heavy (non-hydrogen) atoms. The summed E-state index contributed by atoms with van der Waals surface area (Å²) in [5.41, 5.74) is 2.77. The van der Waals surface area contributed by atoms with Crippen LogP contribution in [0.15, 0.2) is 54.6 Å². The van der Waals surface area contributed by atoms with Gasteiger partial charge in [-0.3, -0.25) is 9.69 Å². The second-order valence-electron chi connectivity index (χ2n) is 8.65. The van der Waals surface area contributed by atoms with Gasteiger partial charge in [0.25, 0.3) is 0 Å². The molecular weight excluding hydrogens is 364 g/mol. The van der Waals surface area contributed by atoms with E-state index >= 15 is 0 Å². The predicted octanol–water partition coefficient (Wildman–Crippen LogP) is 3.94. The van der Waals surface area contributed by atoms with E-state index in [1.165, 1.54) is 11.1 Å². The summed E-state index contributed by atoms with van der Waals surface area (Å²) >= 11 is 0. The van der Waals surface area contributed by atoms with Gasteiger partial charge >= 0.3 is 5.97 Å². The van der Waals surface area contributed by atoms with Crippen molar-refractivity contribution in [3.63, 3.8) is 0 Å². The molecule has 1 heterocycles. The molecular formula is C24H30N2O3. The Morgan fingerprint density at radius 1 is 1.17 bits per heavy atom. The Kier molecular flexibility index (Phi) is 5.61. The molecule has 2 aromatic carbocycles. The highest BCUT2D eigenvalue weighted by Gasteiger charge is 2.46. The molecule has 1 saturated heterocycles. The zero-order valence-corrected chi connectivity index (χ0v) is 17.3. The Balaban J connectivity index is 1.40. The van der Waals surface area contributed by atoms with Crippen molar-refractivity contribution < 1.29 is 14.7 Å². The molecule has 1 saturated carbocycles. The number of aliphatic carboxylic acids is 1. The Morgan fingerprint density at radius 3 is 2.62 bits per heavy atom. The number of rotatable bonds is 7. The molecule has 0 aromatic heterocycles. The van der Waals surface area contributed by atoms with Crippen LogP contribution in [0.4, 0.5) is 0 Å². The average molecular weight is 395 g/mol. The number of hydrogen-bond donors (Lipinski definition) is 1. The monoisotopic (exact) mass is 394 g/mol. The molecule has 1 N–H and O–H groups in total. The highest BCUT2D eigenvalue weighted by Crippen LogP contribution is 2.50. The fourth-order valence-electron chi connectivity index (χ4n) is 4.94. The maximum atomic E-state index is 11.4. The van der Waals surface area contributed by atoms with Crippen LogP contribution in [0.25, 0.3) is 0 Å². The van der Waals surface area contributed by atoms with E-state index in [0.29, 0.717) is 18.9 Å². The van der Waals surface area contributed by atoms with Gasteiger partial charge in [-0.25, -0.2) is 0 Å². The smallest absolute Gasteiger partial charge is 0.324 e. The molecule has 1 aliphatic carbocycles. The summed E-state index contributed by atoms with van der Waals surface area (Å²) in [4.78, 5) is 19.6. The average Bonchev–Trinajstić information content (AvgIpc) is 3.13. The fraction of sp³-hybridized carbons (Fsp3) is 0.458. The fourth-order valence-corrected chi connectivity index (χ4v) is 4.94. The van der Waals surface area contributed by atoms with Crippen molar-refractivity contribution in [3.8, 4) is 5.75 Å². The SMILES string of the molecule is CN(C)C1(c2ccccc2)CC(Cc2cccc(ON3CCCC3C(=O)O)c2)C1. The third kappa shape index (κ3) is 4.02. The lowest BCUT2D eigenvalue weighted by atomic mass is 9.62. The lowest BCUT2D eigenvalue weighted by molar-refractivity contribution is -0.154. The maximum Gasteiger partial charge on any atom is 0.324 e. The summed E-state index contributed by atoms with van der Waals surface area (Å²) in [6.07, 6.45) is 4.79. The quantitative estimate of drug-likeness (QED) is 0.771. The third-order valence-electron chi connectivity index (χ3n) is 6.55. The number of hydroxylamine groups is 2. The minimum absolute atomic E-state index is 0.129. The summed E-state index contributed by atoms with van der Waals surface area (Å²) in [5, 5.41) is 10.9. The van der Waals surface area contributed by atoms with Gasteiger partial charge in [-0.1, -0.05) is 42.5 Å². The molecule has 5 heteroatoms. The zero-order chi connectivity index (χ0) is 20.4. The van der Waals surface area contributed by atoms with Crippen LogP contribution in [0, 0.1) is 5.92 Å². The van der Waals surface area contributed by atoms with Crippen LogP contribution in [0.5, 0.6) is 5.75 Å². The third-order valence-corrected chi connectivity index (χ3v) is 6.55. The largest absolute Gasteiger partial charge is 0.480 e. The molecule has 154 valence electrons. The van der Waals surface area contributed by atoms with E-state index in [4.69, 9.17) is 4.84 Å². The van der Waals surface area contributed by atoms with Crippen molar-refractivity contribution in [3.05, 3.63) is 65.7 Å². The van der Waals surface area contributed by atoms with E-state index in [2.05, 4.69) is 61.5 Å². The Morgan fingerprint density at radius 2 is 1.93 bits per heavy atom. The van der Waals surface area contributed by atoms with Gasteiger partial charge in [0.1, 0.15) is 11.8 Å². The van der Waals surface area contributed by atoms with Crippen molar-refractivity contribution in [1.82, 2.24) is 9.96 Å². The molecule has 5 nitrogen and oxygen atoms in total. The summed E-state index contributed by atoms with van der Waals surface area (Å²) in [7, 11) is 4.35. The van der Waals surface area contributed by atoms with Gasteiger partial charge in [-0.05, 0) is 75.4 Å². The van der Waals surface area contributed by atoms with Gasteiger partial charge in [0.15, 0.2) is 0 Å². The molecule has 4 rings (SSSR count). The Hall–Kier alpha value is -2.37. The maximum absolute atomic E-state index is 11.4. The standard InChI is InChI=1S/C24H30N2O3/c1-25(2)24(20-9-4-3-5-10-20)16-19(17-24)14-18-8-6-11-21(15-18)29-26-13-7-12-22(26)23(27)28/h3-6,8-11,15,19,22H,7,12-14,16-17H2,1-2H3,(H,27,28). The Bertz CT molecular complexity index is 846. The van der Waals surface area contributed by atoms with Crippen LogP contribution in [-0.2, 0) is 16.8 Å². The lowest BCUT2D eigenvalue weighted by Crippen LogP contribution is -2.52. The number of nitrogens with zero attached hydrogens (tertiary/aromatic N) is 2. The number of carboxylic acid groups (broad SMARTS) is 1. The molecule has 2 aliphatic rings. The van der Waals surface area contributed by atoms with Crippen LogP contribution >= 0.6 is 0 Å².